The molecule has 0 saturated heterocycles. The highest BCUT2D eigenvalue weighted by molar-refractivity contribution is 6.32. The van der Waals surface area contributed by atoms with E-state index < -0.39 is 0 Å². The summed E-state index contributed by atoms with van der Waals surface area (Å²) in [7, 11) is 0. The van der Waals surface area contributed by atoms with Crippen molar-refractivity contribution in [1.29, 1.82) is 0 Å². The van der Waals surface area contributed by atoms with E-state index in [-0.39, 0.29) is 12.6 Å². The predicted octanol–water partition coefficient (Wildman–Crippen LogP) is 4.24. The van der Waals surface area contributed by atoms with Gasteiger partial charge in [-0.25, -0.2) is 0 Å². The van der Waals surface area contributed by atoms with Crippen molar-refractivity contribution in [3.8, 4) is 17.2 Å². The zero-order valence-electron chi connectivity index (χ0n) is 12.1. The van der Waals surface area contributed by atoms with E-state index in [1.165, 1.54) is 0 Å². The summed E-state index contributed by atoms with van der Waals surface area (Å²) in [5.74, 6) is 2.03. The molecule has 0 bridgehead atoms. The minimum atomic E-state index is 0.120. The number of fused-ring (bicyclic) bond motifs is 1. The highest BCUT2D eigenvalue weighted by Crippen LogP contribution is 2.39. The van der Waals surface area contributed by atoms with Gasteiger partial charge in [0.1, 0.15) is 12.4 Å². The number of carbonyl (C=O) groups excluding carboxylic acids is 1. The summed E-state index contributed by atoms with van der Waals surface area (Å²) in [6.07, 6.45) is 0.496. The van der Waals surface area contributed by atoms with Crippen LogP contribution in [-0.4, -0.2) is 12.6 Å². The van der Waals surface area contributed by atoms with E-state index in [4.69, 9.17) is 25.8 Å². The van der Waals surface area contributed by atoms with E-state index in [0.29, 0.717) is 40.9 Å². The fourth-order valence-corrected chi connectivity index (χ4v) is 2.50. The minimum Gasteiger partial charge on any atom is -0.489 e. The maximum absolute atomic E-state index is 11.6. The van der Waals surface area contributed by atoms with Crippen molar-refractivity contribution in [3.05, 3.63) is 52.5 Å². The van der Waals surface area contributed by atoms with E-state index in [1.54, 1.807) is 30.3 Å². The van der Waals surface area contributed by atoms with Crippen LogP contribution >= 0.6 is 11.6 Å². The maximum Gasteiger partial charge on any atom is 0.231 e. The summed E-state index contributed by atoms with van der Waals surface area (Å²) in [5.41, 5.74) is 1.59. The molecule has 0 aromatic heterocycles. The van der Waals surface area contributed by atoms with Crippen LogP contribution in [-0.2, 0) is 6.61 Å². The Labute approximate surface area is 133 Å². The SMILES string of the molecule is CCC(=O)c1ccc(OCc2cc(Cl)c3c(c2)OCO3)cc1. The molecule has 0 atom stereocenters. The topological polar surface area (TPSA) is 44.8 Å². The summed E-state index contributed by atoms with van der Waals surface area (Å²) >= 11 is 6.13. The first kappa shape index (κ1) is 14.7. The van der Waals surface area contributed by atoms with Crippen molar-refractivity contribution < 1.29 is 19.0 Å². The number of benzene rings is 2. The van der Waals surface area contributed by atoms with Crippen molar-refractivity contribution in [2.45, 2.75) is 20.0 Å². The van der Waals surface area contributed by atoms with Gasteiger partial charge in [0.15, 0.2) is 17.3 Å². The number of ether oxygens (including phenoxy) is 3. The van der Waals surface area contributed by atoms with Gasteiger partial charge in [0, 0.05) is 12.0 Å². The van der Waals surface area contributed by atoms with Gasteiger partial charge in [-0.15, -0.1) is 0 Å². The van der Waals surface area contributed by atoms with E-state index in [9.17, 15) is 4.79 Å². The molecule has 1 aliphatic heterocycles. The Kier molecular flexibility index (Phi) is 4.20. The van der Waals surface area contributed by atoms with Crippen molar-refractivity contribution in [2.24, 2.45) is 0 Å². The molecule has 0 unspecified atom stereocenters. The second-order valence-electron chi connectivity index (χ2n) is 4.90. The Balaban J connectivity index is 1.68. The largest absolute Gasteiger partial charge is 0.489 e. The first-order chi connectivity index (χ1) is 10.7. The average molecular weight is 319 g/mol. The molecule has 0 saturated carbocycles. The summed E-state index contributed by atoms with van der Waals surface area (Å²) in [4.78, 5) is 11.6. The van der Waals surface area contributed by atoms with Gasteiger partial charge >= 0.3 is 0 Å². The number of carbonyl (C=O) groups is 1. The highest BCUT2D eigenvalue weighted by Gasteiger charge is 2.18. The second kappa shape index (κ2) is 6.28. The predicted molar refractivity (Wildman–Crippen MR) is 83.0 cm³/mol. The smallest absolute Gasteiger partial charge is 0.231 e. The van der Waals surface area contributed by atoms with Crippen LogP contribution in [0.15, 0.2) is 36.4 Å². The lowest BCUT2D eigenvalue weighted by Crippen LogP contribution is -1.98. The molecule has 22 heavy (non-hydrogen) atoms. The van der Waals surface area contributed by atoms with Gasteiger partial charge in [-0.3, -0.25) is 4.79 Å². The van der Waals surface area contributed by atoms with Crippen LogP contribution < -0.4 is 14.2 Å². The monoisotopic (exact) mass is 318 g/mol. The number of hydrogen-bond donors (Lipinski definition) is 0. The van der Waals surface area contributed by atoms with Gasteiger partial charge in [0.25, 0.3) is 0 Å². The fraction of sp³-hybridized carbons (Fsp3) is 0.235. The third-order valence-corrected chi connectivity index (χ3v) is 3.67. The molecule has 0 radical (unpaired) electrons. The maximum atomic E-state index is 11.6. The third-order valence-electron chi connectivity index (χ3n) is 3.39. The van der Waals surface area contributed by atoms with Crippen molar-refractivity contribution in [1.82, 2.24) is 0 Å². The van der Waals surface area contributed by atoms with Crippen LogP contribution in [0, 0.1) is 0 Å². The molecule has 0 N–H and O–H groups in total. The Morgan fingerprint density at radius 1 is 1.23 bits per heavy atom. The summed E-state index contributed by atoms with van der Waals surface area (Å²) in [5, 5.41) is 0.512. The first-order valence-electron chi connectivity index (χ1n) is 7.01. The standard InChI is InChI=1S/C17H15ClO4/c1-2-15(19)12-3-5-13(6-4-12)20-9-11-7-14(18)17-16(8-11)21-10-22-17/h3-8H,2,9-10H2,1H3. The fourth-order valence-electron chi connectivity index (χ4n) is 2.21. The molecule has 2 aromatic rings. The highest BCUT2D eigenvalue weighted by atomic mass is 35.5. The minimum absolute atomic E-state index is 0.120. The Bertz CT molecular complexity index is 695. The van der Waals surface area contributed by atoms with Gasteiger partial charge in [-0.2, -0.15) is 0 Å². The zero-order valence-corrected chi connectivity index (χ0v) is 12.9. The average Bonchev–Trinajstić information content (AvgIpc) is 3.02. The Morgan fingerprint density at radius 2 is 2.00 bits per heavy atom. The lowest BCUT2D eigenvalue weighted by atomic mass is 10.1. The lowest BCUT2D eigenvalue weighted by molar-refractivity contribution is 0.0988. The van der Waals surface area contributed by atoms with Crippen LogP contribution in [0.25, 0.3) is 0 Å². The number of ketones is 1. The molecule has 5 heteroatoms. The Hall–Kier alpha value is -2.20. The van der Waals surface area contributed by atoms with Gasteiger partial charge in [0.05, 0.1) is 5.02 Å². The summed E-state index contributed by atoms with van der Waals surface area (Å²) < 4.78 is 16.3. The molecule has 3 rings (SSSR count). The molecule has 2 aromatic carbocycles. The van der Waals surface area contributed by atoms with E-state index >= 15 is 0 Å². The lowest BCUT2D eigenvalue weighted by Gasteiger charge is -2.08. The van der Waals surface area contributed by atoms with Gasteiger partial charge in [-0.1, -0.05) is 18.5 Å². The normalized spacial score (nSPS) is 12.3. The summed E-state index contributed by atoms with van der Waals surface area (Å²) in [6, 6.07) is 10.8. The molecule has 0 fully saturated rings. The molecule has 0 aliphatic carbocycles. The number of halogens is 1. The van der Waals surface area contributed by atoms with Crippen LogP contribution in [0.2, 0.25) is 5.02 Å². The van der Waals surface area contributed by atoms with Crippen LogP contribution in [0.4, 0.5) is 0 Å². The molecule has 4 nitrogen and oxygen atoms in total. The number of rotatable bonds is 5. The molecular weight excluding hydrogens is 304 g/mol. The van der Waals surface area contributed by atoms with Gasteiger partial charge in [-0.05, 0) is 42.0 Å². The third kappa shape index (κ3) is 3.02. The van der Waals surface area contributed by atoms with Gasteiger partial charge < -0.3 is 14.2 Å². The van der Waals surface area contributed by atoms with Crippen molar-refractivity contribution >= 4 is 17.4 Å². The van der Waals surface area contributed by atoms with E-state index in [1.807, 2.05) is 13.0 Å². The summed E-state index contributed by atoms with van der Waals surface area (Å²) in [6.45, 7) is 2.39. The van der Waals surface area contributed by atoms with Gasteiger partial charge in [0.2, 0.25) is 6.79 Å². The zero-order chi connectivity index (χ0) is 15.5. The van der Waals surface area contributed by atoms with E-state index in [2.05, 4.69) is 0 Å². The Morgan fingerprint density at radius 3 is 2.73 bits per heavy atom. The van der Waals surface area contributed by atoms with Crippen molar-refractivity contribution in [2.75, 3.05) is 6.79 Å². The molecular formula is C17H15ClO4. The molecule has 114 valence electrons. The molecule has 1 heterocycles. The van der Waals surface area contributed by atoms with E-state index in [0.717, 1.165) is 5.56 Å². The van der Waals surface area contributed by atoms with Crippen molar-refractivity contribution in [3.63, 3.8) is 0 Å². The molecule has 1 aliphatic rings. The quantitative estimate of drug-likeness (QED) is 0.773. The van der Waals surface area contributed by atoms with Crippen LogP contribution in [0.1, 0.15) is 29.3 Å². The van der Waals surface area contributed by atoms with Crippen LogP contribution in [0.5, 0.6) is 17.2 Å². The molecule has 0 spiro atoms. The number of Topliss-reactive ketones (excluding diaryl/α,β-unsaturated/α-hetero) is 1. The second-order valence-corrected chi connectivity index (χ2v) is 5.31. The molecule has 0 amide bonds. The first-order valence-corrected chi connectivity index (χ1v) is 7.39. The van der Waals surface area contributed by atoms with Crippen LogP contribution in [0.3, 0.4) is 0 Å². The number of hydrogen-bond acceptors (Lipinski definition) is 4.